The molecule has 57 heavy (non-hydrogen) atoms. The molecular formula is C43H48N12O2. The summed E-state index contributed by atoms with van der Waals surface area (Å²) in [6.07, 6.45) is 3.21. The van der Waals surface area contributed by atoms with Gasteiger partial charge in [-0.3, -0.25) is 4.57 Å². The smallest absolute Gasteiger partial charge is 0.418 e. The van der Waals surface area contributed by atoms with Gasteiger partial charge in [0.05, 0.1) is 5.52 Å². The number of carbonyl (C=O) groups excluding carboxylic acids is 1. The zero-order valence-electron chi connectivity index (χ0n) is 33.1. The third-order valence-electron chi connectivity index (χ3n) is 9.97. The molecule has 8 rings (SSSR count). The molecule has 4 aromatic heterocycles. The van der Waals surface area contributed by atoms with Crippen LogP contribution in [0.15, 0.2) is 85.2 Å². The fraction of sp³-hybridized carbons (Fsp3) is 0.326. The summed E-state index contributed by atoms with van der Waals surface area (Å²) in [6.45, 7) is 13.3. The third-order valence-corrected chi connectivity index (χ3v) is 9.97. The van der Waals surface area contributed by atoms with Crippen LogP contribution < -0.4 is 20.4 Å². The topological polar surface area (TPSA) is 157 Å². The number of anilines is 6. The van der Waals surface area contributed by atoms with Crippen molar-refractivity contribution < 1.29 is 9.53 Å². The Kier molecular flexibility index (Phi) is 11.3. The van der Waals surface area contributed by atoms with Gasteiger partial charge in [-0.1, -0.05) is 12.1 Å². The lowest BCUT2D eigenvalue weighted by Crippen LogP contribution is -2.44. The van der Waals surface area contributed by atoms with Gasteiger partial charge in [0.1, 0.15) is 40.8 Å². The molecule has 0 spiro atoms. The van der Waals surface area contributed by atoms with E-state index in [1.54, 1.807) is 6.20 Å². The number of hydrogen-bond donors (Lipinski definition) is 3. The molecule has 0 atom stereocenters. The van der Waals surface area contributed by atoms with E-state index in [2.05, 4.69) is 77.5 Å². The maximum absolute atomic E-state index is 12.6. The van der Waals surface area contributed by atoms with Crippen molar-refractivity contribution in [1.82, 2.24) is 29.3 Å². The van der Waals surface area contributed by atoms with Gasteiger partial charge in [0, 0.05) is 111 Å². The Hall–Kier alpha value is -6.61. The number of H-pyrrole nitrogens is 1. The molecule has 2 saturated heterocycles. The molecule has 0 bridgehead atoms. The Morgan fingerprint density at radius 1 is 0.702 bits per heavy atom. The van der Waals surface area contributed by atoms with Crippen LogP contribution in [0.25, 0.3) is 21.8 Å². The normalized spacial score (nSPS) is 15.1. The number of benzene rings is 2. The molecule has 0 radical (unpaired) electrons. The number of nitriles is 2. The highest BCUT2D eigenvalue weighted by atomic mass is 16.6. The van der Waals surface area contributed by atoms with Crippen molar-refractivity contribution in [2.45, 2.75) is 26.4 Å². The van der Waals surface area contributed by atoms with Crippen molar-refractivity contribution in [3.05, 3.63) is 96.6 Å². The largest absolute Gasteiger partial charge is 0.443 e. The molecule has 0 amide bonds. The Morgan fingerprint density at radius 3 is 1.75 bits per heavy atom. The van der Waals surface area contributed by atoms with Crippen molar-refractivity contribution in [3.8, 4) is 12.1 Å². The van der Waals surface area contributed by atoms with E-state index in [0.29, 0.717) is 23.0 Å². The number of rotatable bonds is 6. The van der Waals surface area contributed by atoms with Gasteiger partial charge in [-0.25, -0.2) is 14.8 Å². The molecule has 14 nitrogen and oxygen atoms in total. The first-order valence-corrected chi connectivity index (χ1v) is 19.1. The minimum absolute atomic E-state index is 0.363. The maximum atomic E-state index is 12.6. The first kappa shape index (κ1) is 38.7. The van der Waals surface area contributed by atoms with Crippen LogP contribution in [0.3, 0.4) is 0 Å². The van der Waals surface area contributed by atoms with Gasteiger partial charge in [-0.2, -0.15) is 10.5 Å². The van der Waals surface area contributed by atoms with E-state index in [0.717, 1.165) is 91.5 Å². The second-order valence-electron chi connectivity index (χ2n) is 15.5. The fourth-order valence-corrected chi connectivity index (χ4v) is 6.87. The van der Waals surface area contributed by atoms with Gasteiger partial charge < -0.3 is 40.0 Å². The predicted octanol–water partition coefficient (Wildman–Crippen LogP) is 7.12. The lowest BCUT2D eigenvalue weighted by Gasteiger charge is -2.34. The van der Waals surface area contributed by atoms with E-state index >= 15 is 0 Å². The predicted molar refractivity (Wildman–Crippen MR) is 226 cm³/mol. The Morgan fingerprint density at radius 2 is 1.23 bits per heavy atom. The molecular weight excluding hydrogens is 717 g/mol. The lowest BCUT2D eigenvalue weighted by atomic mass is 10.2. The van der Waals surface area contributed by atoms with Crippen molar-refractivity contribution in [1.29, 1.82) is 10.5 Å². The van der Waals surface area contributed by atoms with E-state index < -0.39 is 11.7 Å². The molecule has 2 aromatic carbocycles. The molecule has 3 N–H and O–H groups in total. The van der Waals surface area contributed by atoms with Gasteiger partial charge >= 0.3 is 6.09 Å². The van der Waals surface area contributed by atoms with Gasteiger partial charge in [-0.05, 0) is 88.8 Å². The minimum atomic E-state index is -0.579. The fourth-order valence-electron chi connectivity index (χ4n) is 6.87. The number of hydrogen-bond acceptors (Lipinski definition) is 12. The van der Waals surface area contributed by atoms with E-state index in [9.17, 15) is 15.3 Å². The van der Waals surface area contributed by atoms with Gasteiger partial charge in [0.15, 0.2) is 0 Å². The van der Waals surface area contributed by atoms with Gasteiger partial charge in [0.2, 0.25) is 0 Å². The van der Waals surface area contributed by atoms with Gasteiger partial charge in [-0.15, -0.1) is 0 Å². The summed E-state index contributed by atoms with van der Waals surface area (Å²) in [5.74, 6) is 1.28. The molecule has 292 valence electrons. The first-order valence-electron chi connectivity index (χ1n) is 19.1. The summed E-state index contributed by atoms with van der Waals surface area (Å²) in [5.41, 5.74) is 5.76. The number of nitrogens with zero attached hydrogens (tertiary/aromatic N) is 9. The molecule has 0 saturated carbocycles. The zero-order valence-corrected chi connectivity index (χ0v) is 33.1. The zero-order chi connectivity index (χ0) is 40.1. The summed E-state index contributed by atoms with van der Waals surface area (Å²) in [4.78, 5) is 33.8. The van der Waals surface area contributed by atoms with Gasteiger partial charge in [0.25, 0.3) is 0 Å². The highest BCUT2D eigenvalue weighted by Crippen LogP contribution is 2.28. The number of pyridine rings is 2. The summed E-state index contributed by atoms with van der Waals surface area (Å²) in [6, 6.07) is 27.8. The molecule has 2 fully saturated rings. The Labute approximate surface area is 332 Å². The molecule has 6 heterocycles. The van der Waals surface area contributed by atoms with E-state index in [4.69, 9.17) is 4.74 Å². The first-order chi connectivity index (χ1) is 27.4. The molecule has 2 aliphatic rings. The van der Waals surface area contributed by atoms with Crippen LogP contribution in [0.4, 0.5) is 39.2 Å². The molecule has 0 unspecified atom stereocenters. The minimum Gasteiger partial charge on any atom is -0.443 e. The number of carbonyl (C=O) groups is 1. The van der Waals surface area contributed by atoms with E-state index in [1.807, 2.05) is 93.7 Å². The summed E-state index contributed by atoms with van der Waals surface area (Å²) in [7, 11) is 4.25. The number of aromatic nitrogens is 4. The molecule has 6 aromatic rings. The van der Waals surface area contributed by atoms with Crippen LogP contribution in [0, 0.1) is 22.7 Å². The Bertz CT molecular complexity index is 2450. The van der Waals surface area contributed by atoms with E-state index in [-0.39, 0.29) is 0 Å². The van der Waals surface area contributed by atoms with Crippen LogP contribution in [0.1, 0.15) is 32.2 Å². The highest BCUT2D eigenvalue weighted by molar-refractivity contribution is 5.92. The monoisotopic (exact) mass is 764 g/mol. The van der Waals surface area contributed by atoms with Crippen molar-refractivity contribution in [3.63, 3.8) is 0 Å². The number of ether oxygens (including phenoxy) is 1. The third kappa shape index (κ3) is 9.62. The average molecular weight is 765 g/mol. The summed E-state index contributed by atoms with van der Waals surface area (Å²) < 4.78 is 7.02. The number of piperazine rings is 2. The SMILES string of the molecule is CN1CCN(c2cc(C#N)nc(Nc3ccc4cc[nH]c4c3)c2)CC1.CN1CCN(c2cc(C#N)nc(Nc3ccc4ccn(C(=O)OC(C)(C)C)c4c3)c2)CC1. The summed E-state index contributed by atoms with van der Waals surface area (Å²) >= 11 is 0. The number of fused-ring (bicyclic) bond motifs is 2. The number of nitrogens with one attached hydrogen (secondary N) is 3. The average Bonchev–Trinajstić information content (AvgIpc) is 3.85. The van der Waals surface area contributed by atoms with Crippen LogP contribution in [0.5, 0.6) is 0 Å². The van der Waals surface area contributed by atoms with Crippen LogP contribution in [-0.2, 0) is 4.74 Å². The van der Waals surface area contributed by atoms with Crippen molar-refractivity contribution in [2.75, 3.05) is 86.9 Å². The quantitative estimate of drug-likeness (QED) is 0.158. The molecule has 0 aliphatic carbocycles. The number of aromatic amines is 1. The second-order valence-corrected chi connectivity index (χ2v) is 15.5. The lowest BCUT2D eigenvalue weighted by molar-refractivity contribution is 0.0544. The van der Waals surface area contributed by atoms with Crippen molar-refractivity contribution >= 4 is 62.3 Å². The second kappa shape index (κ2) is 16.6. The van der Waals surface area contributed by atoms with Crippen LogP contribution in [0.2, 0.25) is 0 Å². The maximum Gasteiger partial charge on any atom is 0.418 e. The number of likely N-dealkylation sites (N-methyl/N-ethyl adjacent to an activating group) is 2. The molecule has 2 aliphatic heterocycles. The van der Waals surface area contributed by atoms with Crippen molar-refractivity contribution in [2.24, 2.45) is 0 Å². The molecule has 14 heteroatoms. The standard InChI is InChI=1S/C24H28N6O2.C19H20N6/c1-24(2,3)32-23(31)30-8-7-17-5-6-18(14-21(17)30)26-22-15-20(13-19(16-25)27-22)29-11-9-28(4)10-12-29;1-24-6-8-25(9-7-24)17-10-16(13-20)23-19(12-17)22-15-3-2-14-4-5-21-18(14)11-15/h5-8,13-15H,9-12H2,1-4H3,(H,26,27);2-5,10-12,21H,6-9H2,1H3,(H,22,23). The van der Waals surface area contributed by atoms with Crippen LogP contribution >= 0.6 is 0 Å². The highest BCUT2D eigenvalue weighted by Gasteiger charge is 2.20. The summed E-state index contributed by atoms with van der Waals surface area (Å²) in [5, 5.41) is 27.5. The Balaban J connectivity index is 0.000000179. The van der Waals surface area contributed by atoms with E-state index in [1.165, 1.54) is 9.95 Å². The van der Waals surface area contributed by atoms with Crippen LogP contribution in [-0.4, -0.2) is 107 Å².